The number of allylic oxidation sites excluding steroid dienone is 1. The van der Waals surface area contributed by atoms with E-state index in [1.165, 1.54) is 6.33 Å². The number of hydrogen-bond donors (Lipinski definition) is 0. The van der Waals surface area contributed by atoms with Gasteiger partial charge in [0.05, 0.1) is 5.69 Å². The van der Waals surface area contributed by atoms with E-state index in [0.29, 0.717) is 11.3 Å². The minimum Gasteiger partial charge on any atom is -0.242 e. The molecule has 0 aliphatic carbocycles. The van der Waals surface area contributed by atoms with E-state index in [-0.39, 0.29) is 0 Å². The maximum atomic E-state index is 13.2. The summed E-state index contributed by atoms with van der Waals surface area (Å²) in [6.45, 7) is 6.97. The van der Waals surface area contributed by atoms with E-state index in [9.17, 15) is 4.39 Å². The molecule has 0 aliphatic rings. The molecule has 3 heteroatoms. The van der Waals surface area contributed by atoms with Gasteiger partial charge in [0.2, 0.25) is 0 Å². The maximum absolute atomic E-state index is 13.2. The summed E-state index contributed by atoms with van der Waals surface area (Å²) in [5, 5.41) is 0. The monoisotopic (exact) mass is 166 g/mol. The summed E-state index contributed by atoms with van der Waals surface area (Å²) in [6, 6.07) is 1.62. The van der Waals surface area contributed by atoms with Gasteiger partial charge in [-0.2, -0.15) is 0 Å². The van der Waals surface area contributed by atoms with Gasteiger partial charge in [0.1, 0.15) is 6.33 Å². The fourth-order valence-electron chi connectivity index (χ4n) is 0.866. The minimum atomic E-state index is -1.17. The first-order chi connectivity index (χ1) is 5.61. The van der Waals surface area contributed by atoms with Crippen molar-refractivity contribution < 1.29 is 4.39 Å². The van der Waals surface area contributed by atoms with Crippen molar-refractivity contribution in [2.24, 2.45) is 0 Å². The minimum absolute atomic E-state index is 0.384. The van der Waals surface area contributed by atoms with Gasteiger partial charge < -0.3 is 0 Å². The van der Waals surface area contributed by atoms with Crippen LogP contribution < -0.4 is 0 Å². The molecular weight excluding hydrogens is 155 g/mol. The SMILES string of the molecule is C=C(C)C(F)c1cc(C)ncn1. The third kappa shape index (κ3) is 1.87. The molecule has 64 valence electrons. The van der Waals surface area contributed by atoms with Gasteiger partial charge in [-0.1, -0.05) is 6.58 Å². The largest absolute Gasteiger partial charge is 0.242 e. The predicted octanol–water partition coefficient (Wildman–Crippen LogP) is 2.37. The lowest BCUT2D eigenvalue weighted by Gasteiger charge is -2.06. The molecule has 0 bridgehead atoms. The second-order valence-electron chi connectivity index (χ2n) is 2.79. The van der Waals surface area contributed by atoms with Crippen LogP contribution in [0, 0.1) is 6.92 Å². The van der Waals surface area contributed by atoms with Crippen LogP contribution in [0.3, 0.4) is 0 Å². The van der Waals surface area contributed by atoms with Crippen LogP contribution in [0.4, 0.5) is 4.39 Å². The zero-order chi connectivity index (χ0) is 9.14. The van der Waals surface area contributed by atoms with E-state index in [1.54, 1.807) is 19.9 Å². The van der Waals surface area contributed by atoms with Crippen molar-refractivity contribution in [2.75, 3.05) is 0 Å². The van der Waals surface area contributed by atoms with Crippen LogP contribution in [0.15, 0.2) is 24.5 Å². The Balaban J connectivity index is 2.95. The normalized spacial score (nSPS) is 12.6. The summed E-state index contributed by atoms with van der Waals surface area (Å²) in [7, 11) is 0. The highest BCUT2D eigenvalue weighted by molar-refractivity contribution is 5.17. The highest BCUT2D eigenvalue weighted by atomic mass is 19.1. The summed E-state index contributed by atoms with van der Waals surface area (Å²) < 4.78 is 13.2. The Kier molecular flexibility index (Phi) is 2.53. The average molecular weight is 166 g/mol. The predicted molar refractivity (Wildman–Crippen MR) is 45.4 cm³/mol. The number of halogens is 1. The molecular formula is C9H11FN2. The Labute approximate surface area is 71.2 Å². The van der Waals surface area contributed by atoms with Crippen LogP contribution in [-0.2, 0) is 0 Å². The molecule has 1 heterocycles. The molecule has 0 fully saturated rings. The van der Waals surface area contributed by atoms with Crippen molar-refractivity contribution in [3.05, 3.63) is 35.9 Å². The molecule has 12 heavy (non-hydrogen) atoms. The quantitative estimate of drug-likeness (QED) is 0.630. The topological polar surface area (TPSA) is 25.8 Å². The van der Waals surface area contributed by atoms with Gasteiger partial charge in [0.25, 0.3) is 0 Å². The summed E-state index contributed by atoms with van der Waals surface area (Å²) in [5.74, 6) is 0. The van der Waals surface area contributed by atoms with Gasteiger partial charge in [-0.15, -0.1) is 0 Å². The van der Waals surface area contributed by atoms with Gasteiger partial charge in [0.15, 0.2) is 6.17 Å². The van der Waals surface area contributed by atoms with Crippen molar-refractivity contribution in [2.45, 2.75) is 20.0 Å². The smallest absolute Gasteiger partial charge is 0.163 e. The number of hydrogen-bond acceptors (Lipinski definition) is 2. The lowest BCUT2D eigenvalue weighted by atomic mass is 10.1. The second-order valence-corrected chi connectivity index (χ2v) is 2.79. The lowest BCUT2D eigenvalue weighted by molar-refractivity contribution is 0.386. The van der Waals surface area contributed by atoms with E-state index >= 15 is 0 Å². The second kappa shape index (κ2) is 3.43. The molecule has 1 unspecified atom stereocenters. The first-order valence-corrected chi connectivity index (χ1v) is 3.69. The molecule has 0 aromatic carbocycles. The molecule has 0 saturated heterocycles. The molecule has 1 aromatic heterocycles. The number of aryl methyl sites for hydroxylation is 1. The molecule has 1 aromatic rings. The standard InChI is InChI=1S/C9H11FN2/c1-6(2)9(10)8-4-7(3)11-5-12-8/h4-5,9H,1H2,2-3H3. The molecule has 0 spiro atoms. The van der Waals surface area contributed by atoms with Gasteiger partial charge in [0, 0.05) is 5.69 Å². The van der Waals surface area contributed by atoms with Gasteiger partial charge in [-0.25, -0.2) is 14.4 Å². The van der Waals surface area contributed by atoms with Crippen LogP contribution >= 0.6 is 0 Å². The molecule has 0 N–H and O–H groups in total. The van der Waals surface area contributed by atoms with Gasteiger partial charge in [-0.05, 0) is 25.5 Å². The Morgan fingerprint density at radius 1 is 1.58 bits per heavy atom. The van der Waals surface area contributed by atoms with Crippen LogP contribution in [0.5, 0.6) is 0 Å². The molecule has 1 atom stereocenters. The van der Waals surface area contributed by atoms with E-state index in [2.05, 4.69) is 16.5 Å². The summed E-state index contributed by atoms with van der Waals surface area (Å²) >= 11 is 0. The number of rotatable bonds is 2. The lowest BCUT2D eigenvalue weighted by Crippen LogP contribution is -1.97. The Morgan fingerprint density at radius 3 is 2.75 bits per heavy atom. The first-order valence-electron chi connectivity index (χ1n) is 3.69. The zero-order valence-electron chi connectivity index (χ0n) is 7.21. The summed E-state index contributed by atoms with van der Waals surface area (Å²) in [4.78, 5) is 7.69. The molecule has 0 radical (unpaired) electrons. The molecule has 2 nitrogen and oxygen atoms in total. The number of nitrogens with zero attached hydrogens (tertiary/aromatic N) is 2. The van der Waals surface area contributed by atoms with E-state index in [0.717, 1.165) is 5.69 Å². The fraction of sp³-hybridized carbons (Fsp3) is 0.333. The zero-order valence-corrected chi connectivity index (χ0v) is 7.21. The number of aromatic nitrogens is 2. The van der Waals surface area contributed by atoms with Crippen molar-refractivity contribution >= 4 is 0 Å². The van der Waals surface area contributed by atoms with Crippen molar-refractivity contribution in [3.8, 4) is 0 Å². The fourth-order valence-corrected chi connectivity index (χ4v) is 0.866. The van der Waals surface area contributed by atoms with Crippen LogP contribution in [0.2, 0.25) is 0 Å². The third-order valence-corrected chi connectivity index (χ3v) is 1.52. The maximum Gasteiger partial charge on any atom is 0.163 e. The molecule has 0 amide bonds. The van der Waals surface area contributed by atoms with E-state index < -0.39 is 6.17 Å². The molecule has 0 saturated carbocycles. The third-order valence-electron chi connectivity index (χ3n) is 1.52. The Hall–Kier alpha value is -1.25. The Morgan fingerprint density at radius 2 is 2.25 bits per heavy atom. The van der Waals surface area contributed by atoms with Crippen molar-refractivity contribution in [1.29, 1.82) is 0 Å². The summed E-state index contributed by atoms with van der Waals surface area (Å²) in [5.41, 5.74) is 1.62. The van der Waals surface area contributed by atoms with Crippen LogP contribution in [0.1, 0.15) is 24.5 Å². The first kappa shape index (κ1) is 8.84. The van der Waals surface area contributed by atoms with Gasteiger partial charge >= 0.3 is 0 Å². The van der Waals surface area contributed by atoms with Crippen molar-refractivity contribution in [1.82, 2.24) is 9.97 Å². The highest BCUT2D eigenvalue weighted by Crippen LogP contribution is 2.21. The van der Waals surface area contributed by atoms with E-state index in [4.69, 9.17) is 0 Å². The van der Waals surface area contributed by atoms with Crippen LogP contribution in [-0.4, -0.2) is 9.97 Å². The molecule has 0 aliphatic heterocycles. The molecule has 1 rings (SSSR count). The number of alkyl halides is 1. The average Bonchev–Trinajstić information content (AvgIpc) is 2.03. The summed E-state index contributed by atoms with van der Waals surface area (Å²) in [6.07, 6.45) is 0.187. The highest BCUT2D eigenvalue weighted by Gasteiger charge is 2.11. The van der Waals surface area contributed by atoms with Crippen LogP contribution in [0.25, 0.3) is 0 Å². The van der Waals surface area contributed by atoms with Crippen molar-refractivity contribution in [3.63, 3.8) is 0 Å². The Bertz CT molecular complexity index is 296. The van der Waals surface area contributed by atoms with E-state index in [1.807, 2.05) is 0 Å². The van der Waals surface area contributed by atoms with Gasteiger partial charge in [-0.3, -0.25) is 0 Å².